The largest absolute Gasteiger partial charge is 0.497 e. The van der Waals surface area contributed by atoms with Gasteiger partial charge in [-0.1, -0.05) is 6.07 Å². The molecule has 0 bridgehead atoms. The molecule has 1 aromatic rings. The van der Waals surface area contributed by atoms with Crippen LogP contribution in [-0.2, 0) is 0 Å². The van der Waals surface area contributed by atoms with Gasteiger partial charge in [0, 0.05) is 23.4 Å². The predicted octanol–water partition coefficient (Wildman–Crippen LogP) is 2.72. The standard InChI is InChI=1S/C13H21NO2S/c1-10(14-2)12-6-5-11(15-3)9-13(12)16-7-8-17-4/h5-6,9-10,14H,7-8H2,1-4H3. The first kappa shape index (κ1) is 14.2. The van der Waals surface area contributed by atoms with Gasteiger partial charge in [-0.2, -0.15) is 11.8 Å². The van der Waals surface area contributed by atoms with Crippen molar-refractivity contribution in [1.82, 2.24) is 5.32 Å². The third-order valence-electron chi connectivity index (χ3n) is 2.67. The molecule has 17 heavy (non-hydrogen) atoms. The maximum atomic E-state index is 5.80. The molecule has 0 radical (unpaired) electrons. The summed E-state index contributed by atoms with van der Waals surface area (Å²) in [6.45, 7) is 2.83. The van der Waals surface area contributed by atoms with E-state index in [9.17, 15) is 0 Å². The zero-order valence-corrected chi connectivity index (χ0v) is 11.8. The molecule has 0 aliphatic carbocycles. The number of hydrogen-bond donors (Lipinski definition) is 1. The quantitative estimate of drug-likeness (QED) is 0.759. The van der Waals surface area contributed by atoms with Gasteiger partial charge >= 0.3 is 0 Å². The molecule has 0 heterocycles. The fraction of sp³-hybridized carbons (Fsp3) is 0.538. The van der Waals surface area contributed by atoms with Crippen molar-refractivity contribution in [3.8, 4) is 11.5 Å². The van der Waals surface area contributed by atoms with Gasteiger partial charge in [0.15, 0.2) is 0 Å². The number of hydrogen-bond acceptors (Lipinski definition) is 4. The first-order valence-electron chi connectivity index (χ1n) is 5.69. The molecule has 0 spiro atoms. The molecule has 4 heteroatoms. The molecule has 0 amide bonds. The number of rotatable bonds is 7. The Bertz CT molecular complexity index is 344. The van der Waals surface area contributed by atoms with Gasteiger partial charge in [-0.15, -0.1) is 0 Å². The minimum atomic E-state index is 0.269. The fourth-order valence-electron chi connectivity index (χ4n) is 1.51. The highest BCUT2D eigenvalue weighted by Gasteiger charge is 2.11. The molecule has 1 atom stereocenters. The van der Waals surface area contributed by atoms with Crippen LogP contribution in [0.15, 0.2) is 18.2 Å². The SMILES string of the molecule is CNC(C)c1ccc(OC)cc1OCCSC. The third kappa shape index (κ3) is 4.13. The highest BCUT2D eigenvalue weighted by atomic mass is 32.2. The van der Waals surface area contributed by atoms with Crippen molar-refractivity contribution in [3.05, 3.63) is 23.8 Å². The van der Waals surface area contributed by atoms with Gasteiger partial charge in [0.1, 0.15) is 11.5 Å². The van der Waals surface area contributed by atoms with Crippen molar-refractivity contribution in [1.29, 1.82) is 0 Å². The van der Waals surface area contributed by atoms with E-state index in [2.05, 4.69) is 24.6 Å². The van der Waals surface area contributed by atoms with Crippen LogP contribution >= 0.6 is 11.8 Å². The number of benzene rings is 1. The highest BCUT2D eigenvalue weighted by Crippen LogP contribution is 2.29. The summed E-state index contributed by atoms with van der Waals surface area (Å²) in [7, 11) is 3.61. The van der Waals surface area contributed by atoms with Crippen molar-refractivity contribution in [3.63, 3.8) is 0 Å². The lowest BCUT2D eigenvalue weighted by atomic mass is 10.1. The summed E-state index contributed by atoms with van der Waals surface area (Å²) in [6, 6.07) is 6.23. The minimum absolute atomic E-state index is 0.269. The van der Waals surface area contributed by atoms with Crippen LogP contribution in [0.5, 0.6) is 11.5 Å². The molecule has 96 valence electrons. The van der Waals surface area contributed by atoms with Crippen molar-refractivity contribution in [2.45, 2.75) is 13.0 Å². The maximum absolute atomic E-state index is 5.80. The van der Waals surface area contributed by atoms with Crippen LogP contribution in [0.25, 0.3) is 0 Å². The monoisotopic (exact) mass is 255 g/mol. The Morgan fingerprint density at radius 1 is 1.41 bits per heavy atom. The third-order valence-corrected chi connectivity index (χ3v) is 3.24. The second-order valence-electron chi connectivity index (χ2n) is 3.76. The normalized spacial score (nSPS) is 12.2. The summed E-state index contributed by atoms with van der Waals surface area (Å²) in [4.78, 5) is 0. The van der Waals surface area contributed by atoms with Crippen LogP contribution < -0.4 is 14.8 Å². The molecule has 0 aliphatic heterocycles. The topological polar surface area (TPSA) is 30.5 Å². The van der Waals surface area contributed by atoms with Crippen LogP contribution in [0.4, 0.5) is 0 Å². The molecule has 3 nitrogen and oxygen atoms in total. The predicted molar refractivity (Wildman–Crippen MR) is 74.3 cm³/mol. The summed E-state index contributed by atoms with van der Waals surface area (Å²) in [6.07, 6.45) is 2.08. The van der Waals surface area contributed by atoms with Crippen LogP contribution in [0.1, 0.15) is 18.5 Å². The Kier molecular flexibility index (Phi) is 6.22. The molecular weight excluding hydrogens is 234 g/mol. The van der Waals surface area contributed by atoms with Crippen molar-refractivity contribution in [2.24, 2.45) is 0 Å². The van der Waals surface area contributed by atoms with Gasteiger partial charge in [-0.05, 0) is 26.3 Å². The molecular formula is C13H21NO2S. The molecule has 0 aromatic heterocycles. The maximum Gasteiger partial charge on any atom is 0.127 e. The molecule has 1 unspecified atom stereocenters. The van der Waals surface area contributed by atoms with Crippen molar-refractivity contribution < 1.29 is 9.47 Å². The van der Waals surface area contributed by atoms with Gasteiger partial charge < -0.3 is 14.8 Å². The van der Waals surface area contributed by atoms with E-state index in [1.54, 1.807) is 18.9 Å². The van der Waals surface area contributed by atoms with Gasteiger partial charge in [0.2, 0.25) is 0 Å². The fourth-order valence-corrected chi connectivity index (χ4v) is 1.76. The van der Waals surface area contributed by atoms with E-state index in [1.165, 1.54) is 0 Å². The number of methoxy groups -OCH3 is 1. The van der Waals surface area contributed by atoms with E-state index in [4.69, 9.17) is 9.47 Å². The first-order valence-corrected chi connectivity index (χ1v) is 7.09. The molecule has 0 saturated carbocycles. The van der Waals surface area contributed by atoms with E-state index in [0.29, 0.717) is 0 Å². The molecule has 0 aliphatic rings. The summed E-state index contributed by atoms with van der Waals surface area (Å²) in [5, 5.41) is 3.22. The molecule has 1 rings (SSSR count). The van der Waals surface area contributed by atoms with Gasteiger partial charge in [0.25, 0.3) is 0 Å². The summed E-state index contributed by atoms with van der Waals surface area (Å²) < 4.78 is 11.0. The minimum Gasteiger partial charge on any atom is -0.497 e. The summed E-state index contributed by atoms with van der Waals surface area (Å²) in [5.74, 6) is 2.72. The van der Waals surface area contributed by atoms with Crippen LogP contribution in [-0.4, -0.2) is 32.8 Å². The van der Waals surface area contributed by atoms with Crippen molar-refractivity contribution in [2.75, 3.05) is 32.8 Å². The zero-order valence-electron chi connectivity index (χ0n) is 10.9. The zero-order chi connectivity index (χ0) is 12.7. The Morgan fingerprint density at radius 2 is 2.18 bits per heavy atom. The van der Waals surface area contributed by atoms with E-state index in [-0.39, 0.29) is 6.04 Å². The first-order chi connectivity index (χ1) is 8.22. The number of nitrogens with one attached hydrogen (secondary N) is 1. The van der Waals surface area contributed by atoms with Gasteiger partial charge in [0.05, 0.1) is 13.7 Å². The van der Waals surface area contributed by atoms with Crippen LogP contribution in [0.2, 0.25) is 0 Å². The summed E-state index contributed by atoms with van der Waals surface area (Å²) >= 11 is 1.78. The van der Waals surface area contributed by atoms with E-state index in [0.717, 1.165) is 29.4 Å². The van der Waals surface area contributed by atoms with E-state index >= 15 is 0 Å². The second-order valence-corrected chi connectivity index (χ2v) is 4.74. The Hall–Kier alpha value is -0.870. The Labute approximate surface area is 108 Å². The smallest absolute Gasteiger partial charge is 0.127 e. The van der Waals surface area contributed by atoms with E-state index < -0.39 is 0 Å². The van der Waals surface area contributed by atoms with Gasteiger partial charge in [-0.3, -0.25) is 0 Å². The van der Waals surface area contributed by atoms with E-state index in [1.807, 2.05) is 19.2 Å². The average Bonchev–Trinajstić information content (AvgIpc) is 2.38. The lowest BCUT2D eigenvalue weighted by Crippen LogP contribution is -2.14. The molecule has 1 N–H and O–H groups in total. The number of ether oxygens (including phenoxy) is 2. The highest BCUT2D eigenvalue weighted by molar-refractivity contribution is 7.98. The van der Waals surface area contributed by atoms with Crippen molar-refractivity contribution >= 4 is 11.8 Å². The van der Waals surface area contributed by atoms with Crippen LogP contribution in [0.3, 0.4) is 0 Å². The van der Waals surface area contributed by atoms with Gasteiger partial charge in [-0.25, -0.2) is 0 Å². The summed E-state index contributed by atoms with van der Waals surface area (Å²) in [5.41, 5.74) is 1.16. The lowest BCUT2D eigenvalue weighted by molar-refractivity contribution is 0.332. The molecule has 1 aromatic carbocycles. The molecule has 0 fully saturated rings. The van der Waals surface area contributed by atoms with Crippen LogP contribution in [0, 0.1) is 0 Å². The Morgan fingerprint density at radius 3 is 2.76 bits per heavy atom. The molecule has 0 saturated heterocycles. The second kappa shape index (κ2) is 7.45. The number of thioether (sulfide) groups is 1. The lowest BCUT2D eigenvalue weighted by Gasteiger charge is -2.17. The average molecular weight is 255 g/mol. The Balaban J connectivity index is 2.86.